The molecule has 0 unspecified atom stereocenters. The van der Waals surface area contributed by atoms with E-state index >= 15 is 0 Å². The lowest BCUT2D eigenvalue weighted by molar-refractivity contribution is -0.143. The van der Waals surface area contributed by atoms with Gasteiger partial charge >= 0.3 is 12.1 Å². The third kappa shape index (κ3) is 5.48. The molecule has 0 atom stereocenters. The van der Waals surface area contributed by atoms with Crippen molar-refractivity contribution in [1.82, 2.24) is 9.55 Å². The molecule has 0 saturated carbocycles. The quantitative estimate of drug-likeness (QED) is 0.709. The summed E-state index contributed by atoms with van der Waals surface area (Å²) in [7, 11) is 1.12. The number of halogens is 4. The first-order valence-corrected chi connectivity index (χ1v) is 7.71. The summed E-state index contributed by atoms with van der Waals surface area (Å²) in [6.45, 7) is -1.29. The van der Waals surface area contributed by atoms with E-state index in [4.69, 9.17) is 16.3 Å². The Hall–Kier alpha value is -2.55. The molecule has 1 aromatic heterocycles. The van der Waals surface area contributed by atoms with E-state index in [9.17, 15) is 22.8 Å². The van der Waals surface area contributed by atoms with Gasteiger partial charge in [-0.2, -0.15) is 18.2 Å². The maximum absolute atomic E-state index is 12.3. The third-order valence-corrected chi connectivity index (χ3v) is 3.50. The molecule has 0 aliphatic heterocycles. The topological polar surface area (TPSA) is 70.4 Å². The van der Waals surface area contributed by atoms with Gasteiger partial charge in [0.25, 0.3) is 11.6 Å². The molecule has 0 N–H and O–H groups in total. The number of benzene rings is 1. The molecular weight excluding hydrogens is 377 g/mol. The van der Waals surface area contributed by atoms with Crippen molar-refractivity contribution in [1.29, 1.82) is 0 Å². The minimum Gasteiger partial charge on any atom is -0.468 e. The number of carbonyl (C=O) groups excluding carboxylic acids is 1. The maximum Gasteiger partial charge on any atom is 0.392 e. The Bertz CT molecular complexity index is 835. The van der Waals surface area contributed by atoms with E-state index in [-0.39, 0.29) is 5.69 Å². The normalized spacial score (nSPS) is 11.3. The molecule has 2 aromatic rings. The van der Waals surface area contributed by atoms with Gasteiger partial charge in [-0.1, -0.05) is 23.7 Å². The predicted octanol–water partition coefficient (Wildman–Crippen LogP) is 3.07. The second-order valence-corrected chi connectivity index (χ2v) is 5.58. The molecule has 1 aromatic carbocycles. The molecule has 140 valence electrons. The molecule has 0 saturated heterocycles. The summed E-state index contributed by atoms with van der Waals surface area (Å²) < 4.78 is 47.3. The van der Waals surface area contributed by atoms with E-state index in [1.165, 1.54) is 0 Å². The highest BCUT2D eigenvalue weighted by Gasteiger charge is 2.27. The first kappa shape index (κ1) is 19.8. The number of carbonyl (C=O) groups is 1. The number of ether oxygens (including phenoxy) is 2. The van der Waals surface area contributed by atoms with Gasteiger partial charge in [-0.3, -0.25) is 14.2 Å². The van der Waals surface area contributed by atoms with E-state index in [2.05, 4.69) is 9.72 Å². The van der Waals surface area contributed by atoms with Gasteiger partial charge in [0.1, 0.15) is 13.2 Å². The molecular formula is C16H14ClF3N2O4. The van der Waals surface area contributed by atoms with Crippen LogP contribution in [0.2, 0.25) is 5.02 Å². The van der Waals surface area contributed by atoms with Gasteiger partial charge in [0, 0.05) is 16.7 Å². The van der Waals surface area contributed by atoms with Crippen molar-refractivity contribution < 1.29 is 27.4 Å². The molecule has 0 fully saturated rings. The average molecular weight is 391 g/mol. The number of nitrogens with zero attached hydrogens (tertiary/aromatic N) is 2. The van der Waals surface area contributed by atoms with Crippen molar-refractivity contribution in [2.75, 3.05) is 13.7 Å². The van der Waals surface area contributed by atoms with E-state index in [1.54, 1.807) is 24.3 Å². The summed E-state index contributed by atoms with van der Waals surface area (Å²) in [4.78, 5) is 27.8. The number of methoxy groups -OCH3 is 1. The van der Waals surface area contributed by atoms with Gasteiger partial charge in [-0.15, -0.1) is 0 Å². The average Bonchev–Trinajstić information content (AvgIpc) is 2.56. The Morgan fingerprint density at radius 3 is 2.50 bits per heavy atom. The van der Waals surface area contributed by atoms with E-state index in [0.29, 0.717) is 10.6 Å². The molecule has 10 heteroatoms. The van der Waals surface area contributed by atoms with Crippen LogP contribution >= 0.6 is 11.6 Å². The van der Waals surface area contributed by atoms with Crippen LogP contribution in [0.3, 0.4) is 0 Å². The molecule has 0 radical (unpaired) electrons. The Kier molecular flexibility index (Phi) is 6.25. The first-order valence-electron chi connectivity index (χ1n) is 7.34. The first-order chi connectivity index (χ1) is 12.2. The minimum absolute atomic E-state index is 0.176. The van der Waals surface area contributed by atoms with Crippen LogP contribution < -0.4 is 10.3 Å². The van der Waals surface area contributed by atoms with E-state index in [0.717, 1.165) is 17.7 Å². The lowest BCUT2D eigenvalue weighted by Crippen LogP contribution is -2.28. The van der Waals surface area contributed by atoms with Crippen molar-refractivity contribution in [2.45, 2.75) is 19.1 Å². The summed E-state index contributed by atoms with van der Waals surface area (Å²) in [5, 5.41) is 0.467. The van der Waals surface area contributed by atoms with Crippen molar-refractivity contribution in [3.05, 3.63) is 45.7 Å². The molecule has 0 aliphatic rings. The third-order valence-electron chi connectivity index (χ3n) is 3.24. The van der Waals surface area contributed by atoms with Crippen molar-refractivity contribution in [2.24, 2.45) is 0 Å². The fourth-order valence-corrected chi connectivity index (χ4v) is 2.09. The maximum atomic E-state index is 12.3. The standard InChI is InChI=1S/C16H14ClF3N2O4/c1-25-14(24)9-22-13(23)8-12(10-2-4-11(17)5-3-10)21-15(22)26-7-6-16(18,19)20/h2-5,8H,6-7,9H2,1H3. The fourth-order valence-electron chi connectivity index (χ4n) is 1.96. The Balaban J connectivity index is 2.39. The molecule has 2 rings (SSSR count). The molecule has 26 heavy (non-hydrogen) atoms. The molecule has 0 bridgehead atoms. The molecule has 1 heterocycles. The minimum atomic E-state index is -4.43. The highest BCUT2D eigenvalue weighted by Crippen LogP contribution is 2.22. The van der Waals surface area contributed by atoms with Gasteiger partial charge < -0.3 is 9.47 Å². The summed E-state index contributed by atoms with van der Waals surface area (Å²) in [6.07, 6.45) is -5.66. The highest BCUT2D eigenvalue weighted by atomic mass is 35.5. The number of alkyl halides is 3. The monoisotopic (exact) mass is 390 g/mol. The molecule has 0 amide bonds. The van der Waals surface area contributed by atoms with E-state index in [1.807, 2.05) is 0 Å². The van der Waals surface area contributed by atoms with Gasteiger partial charge in [0.05, 0.1) is 19.2 Å². The molecule has 6 nitrogen and oxygen atoms in total. The van der Waals surface area contributed by atoms with Crippen LogP contribution in [0.25, 0.3) is 11.3 Å². The smallest absolute Gasteiger partial charge is 0.392 e. The number of hydrogen-bond donors (Lipinski definition) is 0. The van der Waals surface area contributed by atoms with Gasteiger partial charge in [0.15, 0.2) is 0 Å². The van der Waals surface area contributed by atoms with Crippen LogP contribution in [-0.4, -0.2) is 35.4 Å². The lowest BCUT2D eigenvalue weighted by atomic mass is 10.1. The van der Waals surface area contributed by atoms with Crippen LogP contribution in [0.4, 0.5) is 13.2 Å². The van der Waals surface area contributed by atoms with Crippen LogP contribution in [0, 0.1) is 0 Å². The van der Waals surface area contributed by atoms with Gasteiger partial charge in [0.2, 0.25) is 0 Å². The van der Waals surface area contributed by atoms with Gasteiger partial charge in [-0.25, -0.2) is 0 Å². The lowest BCUT2D eigenvalue weighted by Gasteiger charge is -2.14. The van der Waals surface area contributed by atoms with Crippen molar-refractivity contribution in [3.63, 3.8) is 0 Å². The van der Waals surface area contributed by atoms with Crippen molar-refractivity contribution >= 4 is 17.6 Å². The summed E-state index contributed by atoms with van der Waals surface area (Å²) in [5.74, 6) is -0.770. The highest BCUT2D eigenvalue weighted by molar-refractivity contribution is 6.30. The Morgan fingerprint density at radius 1 is 1.27 bits per heavy atom. The number of rotatable bonds is 6. The summed E-state index contributed by atoms with van der Waals surface area (Å²) in [6, 6.07) is 7.06. The summed E-state index contributed by atoms with van der Waals surface area (Å²) >= 11 is 5.80. The zero-order valence-electron chi connectivity index (χ0n) is 13.5. The molecule has 0 aliphatic carbocycles. The van der Waals surface area contributed by atoms with Crippen LogP contribution in [0.15, 0.2) is 35.1 Å². The Labute approximate surface area is 151 Å². The summed E-state index contributed by atoms with van der Waals surface area (Å²) in [5.41, 5.74) is 0.0181. The predicted molar refractivity (Wildman–Crippen MR) is 87.1 cm³/mol. The zero-order chi connectivity index (χ0) is 19.3. The number of hydrogen-bond acceptors (Lipinski definition) is 5. The SMILES string of the molecule is COC(=O)Cn1c(OCCC(F)(F)F)nc(-c2ccc(Cl)cc2)cc1=O. The number of esters is 1. The Morgan fingerprint density at radius 2 is 1.92 bits per heavy atom. The largest absolute Gasteiger partial charge is 0.468 e. The van der Waals surface area contributed by atoms with Crippen LogP contribution in [0.1, 0.15) is 6.42 Å². The second-order valence-electron chi connectivity index (χ2n) is 5.15. The fraction of sp³-hybridized carbons (Fsp3) is 0.312. The van der Waals surface area contributed by atoms with Crippen LogP contribution in [0.5, 0.6) is 6.01 Å². The zero-order valence-corrected chi connectivity index (χ0v) is 14.3. The van der Waals surface area contributed by atoms with Crippen molar-refractivity contribution in [3.8, 4) is 17.3 Å². The van der Waals surface area contributed by atoms with Gasteiger partial charge in [-0.05, 0) is 12.1 Å². The number of aromatic nitrogens is 2. The van der Waals surface area contributed by atoms with Crippen LogP contribution in [-0.2, 0) is 16.1 Å². The van der Waals surface area contributed by atoms with E-state index < -0.39 is 43.3 Å². The second kappa shape index (κ2) is 8.22. The molecule has 0 spiro atoms.